The Labute approximate surface area is 107 Å². The summed E-state index contributed by atoms with van der Waals surface area (Å²) >= 11 is 3.43. The van der Waals surface area contributed by atoms with Crippen LogP contribution in [0, 0.1) is 0 Å². The number of hydrogen-bond donors (Lipinski definition) is 1. The van der Waals surface area contributed by atoms with Gasteiger partial charge in [0.25, 0.3) is 5.89 Å². The summed E-state index contributed by atoms with van der Waals surface area (Å²) in [4.78, 5) is 4.25. The molecule has 2 N–H and O–H groups in total. The molecule has 0 aliphatic heterocycles. The molecule has 0 spiro atoms. The van der Waals surface area contributed by atoms with Crippen LogP contribution in [0.25, 0.3) is 11.5 Å². The Bertz CT molecular complexity index is 540. The van der Waals surface area contributed by atoms with Crippen molar-refractivity contribution in [3.8, 4) is 17.2 Å². The van der Waals surface area contributed by atoms with Crippen molar-refractivity contribution in [1.29, 1.82) is 0 Å². The minimum Gasteiger partial charge on any atom is -0.495 e. The molecule has 1 heterocycles. The number of benzene rings is 1. The Morgan fingerprint density at radius 2 is 2.24 bits per heavy atom. The first kappa shape index (κ1) is 11.9. The Morgan fingerprint density at radius 3 is 2.82 bits per heavy atom. The molecular weight excluding hydrogens is 286 g/mol. The number of ether oxygens (including phenoxy) is 1. The molecule has 0 saturated carbocycles. The fraction of sp³-hybridized carbons (Fsp3) is 0.273. The topological polar surface area (TPSA) is 74.2 Å². The second-order valence-electron chi connectivity index (χ2n) is 3.44. The Morgan fingerprint density at radius 1 is 1.47 bits per heavy atom. The van der Waals surface area contributed by atoms with Crippen LogP contribution in [-0.4, -0.2) is 17.3 Å². The summed E-state index contributed by atoms with van der Waals surface area (Å²) in [7, 11) is 1.57. The van der Waals surface area contributed by atoms with Gasteiger partial charge < -0.3 is 15.0 Å². The molecular formula is C11H12BrN3O2. The van der Waals surface area contributed by atoms with Crippen LogP contribution in [-0.2, 0) is 6.42 Å². The standard InChI is InChI=1S/C11H12BrN3O2/c1-3-10-14-11(17-15-10)6-4-8(13)9(16-2)5-7(6)12/h4-5H,3,13H2,1-2H3. The van der Waals surface area contributed by atoms with Crippen molar-refractivity contribution in [2.45, 2.75) is 13.3 Å². The second kappa shape index (κ2) is 4.75. The molecule has 0 bridgehead atoms. The number of methoxy groups -OCH3 is 1. The normalized spacial score (nSPS) is 10.5. The lowest BCUT2D eigenvalue weighted by Crippen LogP contribution is -1.94. The molecule has 0 aliphatic rings. The molecule has 1 aromatic carbocycles. The van der Waals surface area contributed by atoms with E-state index in [1.54, 1.807) is 19.2 Å². The van der Waals surface area contributed by atoms with Gasteiger partial charge in [-0.1, -0.05) is 12.1 Å². The maximum absolute atomic E-state index is 5.84. The van der Waals surface area contributed by atoms with Crippen molar-refractivity contribution in [3.05, 3.63) is 22.4 Å². The molecule has 1 aromatic heterocycles. The highest BCUT2D eigenvalue weighted by Crippen LogP contribution is 2.34. The van der Waals surface area contributed by atoms with Crippen LogP contribution >= 0.6 is 15.9 Å². The van der Waals surface area contributed by atoms with Gasteiger partial charge in [0.05, 0.1) is 18.4 Å². The van der Waals surface area contributed by atoms with Crippen molar-refractivity contribution >= 4 is 21.6 Å². The second-order valence-corrected chi connectivity index (χ2v) is 4.30. The number of aryl methyl sites for hydroxylation is 1. The monoisotopic (exact) mass is 297 g/mol. The molecule has 0 radical (unpaired) electrons. The van der Waals surface area contributed by atoms with Gasteiger partial charge >= 0.3 is 0 Å². The van der Waals surface area contributed by atoms with Crippen molar-refractivity contribution in [2.75, 3.05) is 12.8 Å². The molecule has 0 saturated heterocycles. The molecule has 17 heavy (non-hydrogen) atoms. The highest BCUT2D eigenvalue weighted by Gasteiger charge is 2.14. The van der Waals surface area contributed by atoms with Crippen LogP contribution in [0.3, 0.4) is 0 Å². The molecule has 0 atom stereocenters. The zero-order valence-electron chi connectivity index (χ0n) is 9.53. The zero-order chi connectivity index (χ0) is 12.4. The maximum atomic E-state index is 5.84. The fourth-order valence-electron chi connectivity index (χ4n) is 1.42. The van der Waals surface area contributed by atoms with E-state index in [1.807, 2.05) is 6.92 Å². The van der Waals surface area contributed by atoms with E-state index in [1.165, 1.54) is 0 Å². The molecule has 2 rings (SSSR count). The van der Waals surface area contributed by atoms with Crippen molar-refractivity contribution in [2.24, 2.45) is 0 Å². The predicted molar refractivity (Wildman–Crippen MR) is 67.8 cm³/mol. The summed E-state index contributed by atoms with van der Waals surface area (Å²) in [6.07, 6.45) is 0.729. The Balaban J connectivity index is 2.48. The molecule has 6 heteroatoms. The largest absolute Gasteiger partial charge is 0.495 e. The number of rotatable bonds is 3. The third-order valence-corrected chi connectivity index (χ3v) is 2.99. The summed E-state index contributed by atoms with van der Waals surface area (Å²) in [6.45, 7) is 1.96. The molecule has 2 aromatic rings. The first-order valence-corrected chi connectivity index (χ1v) is 5.91. The Hall–Kier alpha value is -1.56. The molecule has 5 nitrogen and oxygen atoms in total. The summed E-state index contributed by atoms with van der Waals surface area (Å²) in [6, 6.07) is 3.52. The molecule has 0 fully saturated rings. The summed E-state index contributed by atoms with van der Waals surface area (Å²) in [5.74, 6) is 1.72. The van der Waals surface area contributed by atoms with Gasteiger partial charge in [-0.15, -0.1) is 0 Å². The summed E-state index contributed by atoms with van der Waals surface area (Å²) < 4.78 is 11.1. The summed E-state index contributed by atoms with van der Waals surface area (Å²) in [5.41, 5.74) is 7.13. The van der Waals surface area contributed by atoms with Gasteiger partial charge in [-0.05, 0) is 28.1 Å². The third kappa shape index (κ3) is 2.26. The number of hydrogen-bond acceptors (Lipinski definition) is 5. The van der Waals surface area contributed by atoms with Gasteiger partial charge in [-0.25, -0.2) is 0 Å². The van der Waals surface area contributed by atoms with Gasteiger partial charge in [-0.2, -0.15) is 4.98 Å². The smallest absolute Gasteiger partial charge is 0.259 e. The van der Waals surface area contributed by atoms with Gasteiger partial charge in [0.2, 0.25) is 0 Å². The molecule has 0 amide bonds. The highest BCUT2D eigenvalue weighted by atomic mass is 79.9. The van der Waals surface area contributed by atoms with Crippen molar-refractivity contribution in [1.82, 2.24) is 10.1 Å². The number of anilines is 1. The van der Waals surface area contributed by atoms with Crippen molar-refractivity contribution < 1.29 is 9.26 Å². The van der Waals surface area contributed by atoms with Gasteiger partial charge in [0.15, 0.2) is 5.82 Å². The lowest BCUT2D eigenvalue weighted by molar-refractivity contribution is 0.415. The quantitative estimate of drug-likeness (QED) is 0.882. The summed E-state index contributed by atoms with van der Waals surface area (Å²) in [5, 5.41) is 3.85. The van der Waals surface area contributed by atoms with Gasteiger partial charge in [0.1, 0.15) is 5.75 Å². The molecule has 0 unspecified atom stereocenters. The fourth-order valence-corrected chi connectivity index (χ4v) is 1.91. The Kier molecular flexibility index (Phi) is 3.33. The van der Waals surface area contributed by atoms with E-state index < -0.39 is 0 Å². The zero-order valence-corrected chi connectivity index (χ0v) is 11.1. The number of halogens is 1. The predicted octanol–water partition coefficient (Wildman–Crippen LogP) is 2.65. The number of nitrogen functional groups attached to an aromatic ring is 1. The first-order chi connectivity index (χ1) is 8.15. The molecule has 90 valence electrons. The molecule has 0 aliphatic carbocycles. The van der Waals surface area contributed by atoms with Crippen LogP contribution in [0.15, 0.2) is 21.1 Å². The van der Waals surface area contributed by atoms with Crippen LogP contribution in [0.5, 0.6) is 5.75 Å². The average molecular weight is 298 g/mol. The maximum Gasteiger partial charge on any atom is 0.259 e. The van der Waals surface area contributed by atoms with Gasteiger partial charge in [0, 0.05) is 10.9 Å². The van der Waals surface area contributed by atoms with E-state index >= 15 is 0 Å². The average Bonchev–Trinajstić information content (AvgIpc) is 2.80. The van der Waals surface area contributed by atoms with E-state index in [9.17, 15) is 0 Å². The lowest BCUT2D eigenvalue weighted by Gasteiger charge is -2.07. The highest BCUT2D eigenvalue weighted by molar-refractivity contribution is 9.10. The van der Waals surface area contributed by atoms with Crippen LogP contribution in [0.4, 0.5) is 5.69 Å². The van der Waals surface area contributed by atoms with Crippen LogP contribution < -0.4 is 10.5 Å². The number of aromatic nitrogens is 2. The van der Waals surface area contributed by atoms with E-state index in [4.69, 9.17) is 15.0 Å². The third-order valence-electron chi connectivity index (χ3n) is 2.33. The van der Waals surface area contributed by atoms with E-state index in [-0.39, 0.29) is 0 Å². The lowest BCUT2D eigenvalue weighted by atomic mass is 10.2. The SMILES string of the molecule is CCc1noc(-c2cc(N)c(OC)cc2Br)n1. The number of nitrogens with zero attached hydrogens (tertiary/aromatic N) is 2. The van der Waals surface area contributed by atoms with Crippen LogP contribution in [0.2, 0.25) is 0 Å². The van der Waals surface area contributed by atoms with E-state index in [0.717, 1.165) is 16.5 Å². The van der Waals surface area contributed by atoms with E-state index in [2.05, 4.69) is 26.1 Å². The van der Waals surface area contributed by atoms with E-state index in [0.29, 0.717) is 23.2 Å². The van der Waals surface area contributed by atoms with Gasteiger partial charge in [-0.3, -0.25) is 0 Å². The van der Waals surface area contributed by atoms with Crippen molar-refractivity contribution in [3.63, 3.8) is 0 Å². The minimum absolute atomic E-state index is 0.447. The van der Waals surface area contributed by atoms with Crippen LogP contribution in [0.1, 0.15) is 12.7 Å². The minimum atomic E-state index is 0.447. The first-order valence-electron chi connectivity index (χ1n) is 5.11. The number of nitrogens with two attached hydrogens (primary N) is 1.